The molecule has 0 radical (unpaired) electrons. The van der Waals surface area contributed by atoms with Crippen LogP contribution >= 0.6 is 0 Å². The Kier molecular flexibility index (Phi) is 3.51. The molecule has 1 saturated carbocycles. The van der Waals surface area contributed by atoms with E-state index in [0.717, 1.165) is 32.1 Å². The molecule has 3 heteroatoms. The summed E-state index contributed by atoms with van der Waals surface area (Å²) < 4.78 is 11.3. The van der Waals surface area contributed by atoms with Crippen LogP contribution in [0.5, 0.6) is 0 Å². The molecule has 6 atom stereocenters. The van der Waals surface area contributed by atoms with Crippen molar-refractivity contribution < 1.29 is 14.3 Å². The van der Waals surface area contributed by atoms with Crippen LogP contribution in [-0.4, -0.2) is 17.5 Å². The molecular formula is C20H28O3. The number of furan rings is 1. The summed E-state index contributed by atoms with van der Waals surface area (Å²) in [6, 6.07) is 2.04. The van der Waals surface area contributed by atoms with Crippen molar-refractivity contribution in [2.45, 2.75) is 65.3 Å². The third-order valence-electron chi connectivity index (χ3n) is 7.45. The summed E-state index contributed by atoms with van der Waals surface area (Å²) in [4.78, 5) is 0. The normalized spacial score (nSPS) is 45.7. The van der Waals surface area contributed by atoms with Gasteiger partial charge in [0, 0.05) is 5.41 Å². The molecule has 1 N–H and O–H groups in total. The summed E-state index contributed by atoms with van der Waals surface area (Å²) in [5.41, 5.74) is 2.75. The van der Waals surface area contributed by atoms with E-state index in [1.165, 1.54) is 11.1 Å². The minimum Gasteiger partial charge on any atom is -0.472 e. The van der Waals surface area contributed by atoms with E-state index >= 15 is 0 Å². The summed E-state index contributed by atoms with van der Waals surface area (Å²) in [6.45, 7) is 6.97. The molecule has 1 unspecified atom stereocenters. The van der Waals surface area contributed by atoms with Gasteiger partial charge in [0.2, 0.25) is 0 Å². The van der Waals surface area contributed by atoms with Crippen molar-refractivity contribution in [3.63, 3.8) is 0 Å². The number of ether oxygens (including phenoxy) is 1. The van der Waals surface area contributed by atoms with Gasteiger partial charge in [0.1, 0.15) is 0 Å². The summed E-state index contributed by atoms with van der Waals surface area (Å²) >= 11 is 0. The molecule has 126 valence electrons. The molecule has 2 aliphatic carbocycles. The molecule has 0 spiro atoms. The summed E-state index contributed by atoms with van der Waals surface area (Å²) in [5.74, 6) is 0.907. The first-order valence-corrected chi connectivity index (χ1v) is 9.00. The van der Waals surface area contributed by atoms with E-state index in [1.54, 1.807) is 6.26 Å². The zero-order chi connectivity index (χ0) is 16.2. The Morgan fingerprint density at radius 1 is 1.39 bits per heavy atom. The van der Waals surface area contributed by atoms with Crippen molar-refractivity contribution in [2.24, 2.45) is 22.7 Å². The zero-order valence-corrected chi connectivity index (χ0v) is 14.4. The fraction of sp³-hybridized carbons (Fsp3) is 0.700. The minimum atomic E-state index is -0.632. The van der Waals surface area contributed by atoms with Gasteiger partial charge in [-0.15, -0.1) is 0 Å². The Hall–Kier alpha value is -1.06. The Bertz CT molecular complexity index is 604. The molecule has 1 saturated heterocycles. The van der Waals surface area contributed by atoms with Gasteiger partial charge in [0.05, 0.1) is 18.6 Å². The number of aliphatic hydroxyl groups excluding tert-OH is 1. The highest BCUT2D eigenvalue weighted by Crippen LogP contribution is 2.67. The van der Waals surface area contributed by atoms with Crippen LogP contribution in [-0.2, 0) is 11.2 Å². The highest BCUT2D eigenvalue weighted by atomic mass is 16.6. The summed E-state index contributed by atoms with van der Waals surface area (Å²) in [5, 5.41) is 10.9. The monoisotopic (exact) mass is 316 g/mol. The molecular weight excluding hydrogens is 288 g/mol. The van der Waals surface area contributed by atoms with Crippen LogP contribution in [0.1, 0.15) is 52.0 Å². The second-order valence-corrected chi connectivity index (χ2v) is 8.20. The highest BCUT2D eigenvalue weighted by molar-refractivity contribution is 5.25. The van der Waals surface area contributed by atoms with Crippen LogP contribution in [0.25, 0.3) is 0 Å². The summed E-state index contributed by atoms with van der Waals surface area (Å²) in [7, 11) is 0. The van der Waals surface area contributed by atoms with Crippen molar-refractivity contribution in [2.75, 3.05) is 0 Å². The molecule has 3 nitrogen and oxygen atoms in total. The average molecular weight is 316 g/mol. The van der Waals surface area contributed by atoms with E-state index in [0.29, 0.717) is 11.8 Å². The van der Waals surface area contributed by atoms with Gasteiger partial charge in [-0.05, 0) is 67.9 Å². The first-order chi connectivity index (χ1) is 11.0. The van der Waals surface area contributed by atoms with Crippen molar-refractivity contribution >= 4 is 0 Å². The second kappa shape index (κ2) is 5.22. The van der Waals surface area contributed by atoms with Crippen molar-refractivity contribution in [3.8, 4) is 0 Å². The number of rotatable bonds is 3. The SMILES string of the molecule is CC1=CCC[C@@H]2[C@@]3(CCc4ccoc4)[C@H](C)C(C[C@@]12C)O[C@@H]3O. The van der Waals surface area contributed by atoms with Gasteiger partial charge in [0.15, 0.2) is 6.29 Å². The Labute approximate surface area is 138 Å². The lowest BCUT2D eigenvalue weighted by Gasteiger charge is -2.56. The standard InChI is InChI=1S/C20H28O3/c1-13-5-4-6-17-19(13,3)11-16-14(2)20(17,18(21)23-16)9-7-15-8-10-22-12-15/h5,8,10,12,14,16-18,21H,4,6-7,9,11H2,1-3H3/t14-,16?,17+,18+,19+,20-/m1/s1. The fourth-order valence-corrected chi connectivity index (χ4v) is 5.89. The van der Waals surface area contributed by atoms with Crippen LogP contribution in [0.4, 0.5) is 0 Å². The predicted molar refractivity (Wildman–Crippen MR) is 88.7 cm³/mol. The maximum Gasteiger partial charge on any atom is 0.161 e. The van der Waals surface area contributed by atoms with Gasteiger partial charge in [-0.3, -0.25) is 0 Å². The fourth-order valence-electron chi connectivity index (χ4n) is 5.89. The Morgan fingerprint density at radius 3 is 2.96 bits per heavy atom. The van der Waals surface area contributed by atoms with E-state index in [2.05, 4.69) is 26.8 Å². The van der Waals surface area contributed by atoms with Crippen LogP contribution in [0.15, 0.2) is 34.7 Å². The molecule has 2 fully saturated rings. The van der Waals surface area contributed by atoms with Gasteiger partial charge < -0.3 is 14.3 Å². The van der Waals surface area contributed by atoms with Crippen LogP contribution in [0.3, 0.4) is 0 Å². The van der Waals surface area contributed by atoms with E-state index < -0.39 is 6.29 Å². The highest BCUT2D eigenvalue weighted by Gasteiger charge is 2.66. The van der Waals surface area contributed by atoms with Gasteiger partial charge >= 0.3 is 0 Å². The maximum atomic E-state index is 10.9. The lowest BCUT2D eigenvalue weighted by molar-refractivity contribution is -0.150. The van der Waals surface area contributed by atoms with Crippen molar-refractivity contribution in [1.82, 2.24) is 0 Å². The smallest absolute Gasteiger partial charge is 0.161 e. The lowest BCUT2D eigenvalue weighted by atomic mass is 9.46. The van der Waals surface area contributed by atoms with E-state index in [9.17, 15) is 5.11 Å². The molecule has 0 aromatic carbocycles. The number of fused-ring (bicyclic) bond motifs is 4. The van der Waals surface area contributed by atoms with Crippen LogP contribution < -0.4 is 0 Å². The molecule has 1 aliphatic heterocycles. The van der Waals surface area contributed by atoms with E-state index in [-0.39, 0.29) is 16.9 Å². The number of hydrogen-bond donors (Lipinski definition) is 1. The molecule has 2 heterocycles. The minimum absolute atomic E-state index is 0.134. The quantitative estimate of drug-likeness (QED) is 0.845. The zero-order valence-electron chi connectivity index (χ0n) is 14.4. The van der Waals surface area contributed by atoms with Gasteiger partial charge in [0.25, 0.3) is 0 Å². The summed E-state index contributed by atoms with van der Waals surface area (Å²) in [6.07, 6.45) is 10.8. The maximum absolute atomic E-state index is 10.9. The second-order valence-electron chi connectivity index (χ2n) is 8.20. The van der Waals surface area contributed by atoms with Crippen LogP contribution in [0.2, 0.25) is 0 Å². The Balaban J connectivity index is 1.72. The van der Waals surface area contributed by atoms with Crippen molar-refractivity contribution in [1.29, 1.82) is 0 Å². The van der Waals surface area contributed by atoms with Gasteiger partial charge in [-0.2, -0.15) is 0 Å². The lowest BCUT2D eigenvalue weighted by Crippen LogP contribution is -2.54. The van der Waals surface area contributed by atoms with Gasteiger partial charge in [-0.25, -0.2) is 0 Å². The molecule has 1 aromatic heterocycles. The predicted octanol–water partition coefficient (Wildman–Crippen LogP) is 4.32. The molecule has 23 heavy (non-hydrogen) atoms. The average Bonchev–Trinajstić information content (AvgIpc) is 3.08. The number of aryl methyl sites for hydroxylation is 1. The third kappa shape index (κ3) is 2.02. The van der Waals surface area contributed by atoms with E-state index in [4.69, 9.17) is 9.15 Å². The first kappa shape index (κ1) is 15.5. The molecule has 4 rings (SSSR count). The topological polar surface area (TPSA) is 42.6 Å². The molecule has 1 aromatic rings. The van der Waals surface area contributed by atoms with Crippen molar-refractivity contribution in [3.05, 3.63) is 35.8 Å². The third-order valence-corrected chi connectivity index (χ3v) is 7.45. The number of hydrogen-bond acceptors (Lipinski definition) is 3. The first-order valence-electron chi connectivity index (χ1n) is 9.00. The van der Waals surface area contributed by atoms with Crippen LogP contribution in [0, 0.1) is 22.7 Å². The largest absolute Gasteiger partial charge is 0.472 e. The molecule has 3 aliphatic rings. The number of allylic oxidation sites excluding steroid dienone is 2. The Morgan fingerprint density at radius 2 is 2.22 bits per heavy atom. The number of aliphatic hydroxyl groups is 1. The van der Waals surface area contributed by atoms with Gasteiger partial charge in [-0.1, -0.05) is 25.5 Å². The molecule has 2 bridgehead atoms. The van der Waals surface area contributed by atoms with E-state index in [1.807, 2.05) is 12.3 Å². The molecule has 0 amide bonds.